The van der Waals surface area contributed by atoms with Crippen LogP contribution in [0.4, 0.5) is 0 Å². The molecule has 2 aromatic rings. The second kappa shape index (κ2) is 6.40. The van der Waals surface area contributed by atoms with E-state index in [-0.39, 0.29) is 7.69 Å². The molecule has 2 rings (SSSR count). The van der Waals surface area contributed by atoms with Gasteiger partial charge in [0, 0.05) is 11.1 Å². The molecule has 2 aromatic carbocycles. The van der Waals surface area contributed by atoms with Gasteiger partial charge in [0.05, 0.1) is 0 Å². The fourth-order valence-electron chi connectivity index (χ4n) is 1.52. The van der Waals surface area contributed by atoms with Crippen LogP contribution in [0.1, 0.15) is 20.7 Å². The van der Waals surface area contributed by atoms with Gasteiger partial charge in [0.15, 0.2) is 0 Å². The molecule has 0 aliphatic rings. The van der Waals surface area contributed by atoms with E-state index < -0.39 is 0 Å². The molecule has 0 aromatic heterocycles. The lowest BCUT2D eigenvalue weighted by molar-refractivity contribution is 0.111. The maximum atomic E-state index is 10.6. The summed E-state index contributed by atoms with van der Waals surface area (Å²) < 4.78 is 10.7. The van der Waals surface area contributed by atoms with Crippen LogP contribution >= 0.6 is 0 Å². The molecule has 0 N–H and O–H groups in total. The lowest BCUT2D eigenvalue weighted by atomic mass is 10.2. The van der Waals surface area contributed by atoms with Gasteiger partial charge in [-0.25, -0.2) is 0 Å². The Balaban J connectivity index is 1.92. The molecular formula is C14H11BO4. The van der Waals surface area contributed by atoms with Crippen LogP contribution in [0.2, 0.25) is 0 Å². The van der Waals surface area contributed by atoms with Gasteiger partial charge >= 0.3 is 7.69 Å². The first-order chi connectivity index (χ1) is 9.31. The van der Waals surface area contributed by atoms with Gasteiger partial charge in [0.25, 0.3) is 0 Å². The van der Waals surface area contributed by atoms with Crippen molar-refractivity contribution in [1.29, 1.82) is 0 Å². The van der Waals surface area contributed by atoms with E-state index in [1.54, 1.807) is 48.5 Å². The molecule has 0 aliphatic heterocycles. The smallest absolute Gasteiger partial charge is 0.529 e. The SMILES string of the molecule is O=Cc1cccc(OBOc2cccc(C=O)c2)c1. The minimum Gasteiger partial charge on any atom is -0.529 e. The first-order valence-electron chi connectivity index (χ1n) is 5.68. The summed E-state index contributed by atoms with van der Waals surface area (Å²) >= 11 is 0. The fraction of sp³-hybridized carbons (Fsp3) is 0. The fourth-order valence-corrected chi connectivity index (χ4v) is 1.52. The summed E-state index contributed by atoms with van der Waals surface area (Å²) in [7, 11) is 0.00458. The predicted octanol–water partition coefficient (Wildman–Crippen LogP) is 2.04. The molecule has 0 aliphatic carbocycles. The minimum atomic E-state index is 0.00458. The Morgan fingerprint density at radius 2 is 1.26 bits per heavy atom. The lowest BCUT2D eigenvalue weighted by Gasteiger charge is -2.07. The Kier molecular flexibility index (Phi) is 4.34. The Hall–Kier alpha value is -2.56. The zero-order valence-electron chi connectivity index (χ0n) is 10.1. The number of aldehydes is 2. The number of rotatable bonds is 6. The van der Waals surface area contributed by atoms with E-state index in [1.165, 1.54) is 0 Å². The summed E-state index contributed by atoms with van der Waals surface area (Å²) in [6.07, 6.45) is 1.50. The molecule has 0 atom stereocenters. The van der Waals surface area contributed by atoms with Crippen molar-refractivity contribution >= 4 is 20.3 Å². The molecule has 0 spiro atoms. The van der Waals surface area contributed by atoms with Crippen LogP contribution in [0.3, 0.4) is 0 Å². The monoisotopic (exact) mass is 254 g/mol. The van der Waals surface area contributed by atoms with Gasteiger partial charge in [-0.2, -0.15) is 0 Å². The van der Waals surface area contributed by atoms with Crippen molar-refractivity contribution in [1.82, 2.24) is 0 Å². The minimum absolute atomic E-state index is 0.00458. The molecule has 0 unspecified atom stereocenters. The van der Waals surface area contributed by atoms with Gasteiger partial charge in [0.1, 0.15) is 24.1 Å². The Morgan fingerprint density at radius 1 is 0.789 bits per heavy atom. The molecule has 4 nitrogen and oxygen atoms in total. The van der Waals surface area contributed by atoms with Gasteiger partial charge in [-0.3, -0.25) is 9.59 Å². The third-order valence-electron chi connectivity index (χ3n) is 2.44. The zero-order chi connectivity index (χ0) is 13.5. The van der Waals surface area contributed by atoms with E-state index in [1.807, 2.05) is 0 Å². The van der Waals surface area contributed by atoms with Crippen molar-refractivity contribution in [2.45, 2.75) is 0 Å². The summed E-state index contributed by atoms with van der Waals surface area (Å²) in [4.78, 5) is 21.2. The van der Waals surface area contributed by atoms with Crippen LogP contribution in [-0.2, 0) is 0 Å². The maximum Gasteiger partial charge on any atom is 0.576 e. The van der Waals surface area contributed by atoms with Gasteiger partial charge in [0.2, 0.25) is 0 Å². The number of carbonyl (C=O) groups excluding carboxylic acids is 2. The summed E-state index contributed by atoms with van der Waals surface area (Å²) in [5.41, 5.74) is 1.08. The van der Waals surface area contributed by atoms with Crippen molar-refractivity contribution in [3.8, 4) is 11.5 Å². The summed E-state index contributed by atoms with van der Waals surface area (Å²) in [6, 6.07) is 13.5. The van der Waals surface area contributed by atoms with Crippen LogP contribution in [0.15, 0.2) is 48.5 Å². The average Bonchev–Trinajstić information content (AvgIpc) is 2.48. The molecule has 0 fully saturated rings. The van der Waals surface area contributed by atoms with Crippen molar-refractivity contribution in [2.24, 2.45) is 0 Å². The van der Waals surface area contributed by atoms with E-state index in [2.05, 4.69) is 0 Å². The molecule has 0 amide bonds. The van der Waals surface area contributed by atoms with E-state index in [0.29, 0.717) is 22.6 Å². The largest absolute Gasteiger partial charge is 0.576 e. The molecule has 0 bridgehead atoms. The molecule has 0 saturated heterocycles. The lowest BCUT2D eigenvalue weighted by Crippen LogP contribution is -2.11. The average molecular weight is 254 g/mol. The highest BCUT2D eigenvalue weighted by Gasteiger charge is 2.01. The summed E-state index contributed by atoms with van der Waals surface area (Å²) in [5.74, 6) is 1.10. The number of carbonyl (C=O) groups is 2. The molecule has 94 valence electrons. The van der Waals surface area contributed by atoms with Crippen molar-refractivity contribution in [3.05, 3.63) is 59.7 Å². The zero-order valence-corrected chi connectivity index (χ0v) is 10.1. The highest BCUT2D eigenvalue weighted by atomic mass is 16.6. The van der Waals surface area contributed by atoms with Crippen molar-refractivity contribution in [2.75, 3.05) is 0 Å². The first kappa shape index (κ1) is 12.9. The normalized spacial score (nSPS) is 9.47. The van der Waals surface area contributed by atoms with E-state index >= 15 is 0 Å². The van der Waals surface area contributed by atoms with Gasteiger partial charge in [-0.15, -0.1) is 0 Å². The molecule has 5 heteroatoms. The van der Waals surface area contributed by atoms with E-state index in [4.69, 9.17) is 9.31 Å². The van der Waals surface area contributed by atoms with Crippen LogP contribution < -0.4 is 9.31 Å². The third-order valence-corrected chi connectivity index (χ3v) is 2.44. The molecule has 19 heavy (non-hydrogen) atoms. The summed E-state index contributed by atoms with van der Waals surface area (Å²) in [5, 5.41) is 0. The summed E-state index contributed by atoms with van der Waals surface area (Å²) in [6.45, 7) is 0. The molecular weight excluding hydrogens is 243 g/mol. The van der Waals surface area contributed by atoms with Crippen LogP contribution in [0.25, 0.3) is 0 Å². The maximum absolute atomic E-state index is 10.6. The third kappa shape index (κ3) is 3.71. The van der Waals surface area contributed by atoms with E-state index in [0.717, 1.165) is 12.6 Å². The second-order valence-electron chi connectivity index (χ2n) is 3.79. The number of hydrogen-bond donors (Lipinski definition) is 0. The quantitative estimate of drug-likeness (QED) is 0.584. The van der Waals surface area contributed by atoms with Crippen LogP contribution in [0, 0.1) is 0 Å². The van der Waals surface area contributed by atoms with Crippen molar-refractivity contribution < 1.29 is 18.9 Å². The standard InChI is InChI=1S/C14H11BO4/c16-9-11-3-1-5-13(7-11)18-15-19-14-6-2-4-12(8-14)10-17/h1-10,15H. The van der Waals surface area contributed by atoms with Crippen molar-refractivity contribution in [3.63, 3.8) is 0 Å². The predicted molar refractivity (Wildman–Crippen MR) is 72.1 cm³/mol. The van der Waals surface area contributed by atoms with Crippen LogP contribution in [-0.4, -0.2) is 20.3 Å². The molecule has 0 radical (unpaired) electrons. The van der Waals surface area contributed by atoms with Gasteiger partial charge < -0.3 is 9.31 Å². The number of hydrogen-bond acceptors (Lipinski definition) is 4. The number of benzene rings is 2. The Bertz CT molecular complexity index is 532. The Labute approximate surface area is 111 Å². The molecule has 0 heterocycles. The second-order valence-corrected chi connectivity index (χ2v) is 3.79. The Morgan fingerprint density at radius 3 is 1.68 bits per heavy atom. The first-order valence-corrected chi connectivity index (χ1v) is 5.68. The van der Waals surface area contributed by atoms with Gasteiger partial charge in [-0.05, 0) is 24.3 Å². The highest BCUT2D eigenvalue weighted by Crippen LogP contribution is 2.14. The highest BCUT2D eigenvalue weighted by molar-refractivity contribution is 6.20. The van der Waals surface area contributed by atoms with E-state index in [9.17, 15) is 9.59 Å². The van der Waals surface area contributed by atoms with Crippen LogP contribution in [0.5, 0.6) is 11.5 Å². The topological polar surface area (TPSA) is 52.6 Å². The molecule has 0 saturated carbocycles. The van der Waals surface area contributed by atoms with Gasteiger partial charge in [-0.1, -0.05) is 24.3 Å².